The van der Waals surface area contributed by atoms with Crippen molar-refractivity contribution in [2.45, 2.75) is 19.9 Å². The second-order valence-corrected chi connectivity index (χ2v) is 4.15. The summed E-state index contributed by atoms with van der Waals surface area (Å²) in [6, 6.07) is 3.00. The van der Waals surface area contributed by atoms with E-state index in [0.29, 0.717) is 18.7 Å². The molecule has 1 aromatic rings. The van der Waals surface area contributed by atoms with Gasteiger partial charge in [0.2, 0.25) is 5.91 Å². The van der Waals surface area contributed by atoms with E-state index in [9.17, 15) is 9.59 Å². The molecular weight excluding hydrogens is 218 g/mol. The molecule has 0 radical (unpaired) electrons. The van der Waals surface area contributed by atoms with Crippen molar-refractivity contribution in [3.63, 3.8) is 0 Å². The zero-order valence-electron chi connectivity index (χ0n) is 9.93. The highest BCUT2D eigenvalue weighted by atomic mass is 16.2. The molecule has 1 aromatic heterocycles. The first-order chi connectivity index (χ1) is 8.09. The molecule has 1 saturated heterocycles. The fourth-order valence-electron chi connectivity index (χ4n) is 1.90. The Hall–Kier alpha value is -1.91. The number of aryl methyl sites for hydroxylation is 1. The van der Waals surface area contributed by atoms with Crippen LogP contribution in [0, 0.1) is 6.92 Å². The van der Waals surface area contributed by atoms with Crippen LogP contribution in [0.2, 0.25) is 0 Å². The molecule has 5 nitrogen and oxygen atoms in total. The van der Waals surface area contributed by atoms with E-state index in [0.717, 1.165) is 5.69 Å². The van der Waals surface area contributed by atoms with E-state index in [1.54, 1.807) is 30.2 Å². The summed E-state index contributed by atoms with van der Waals surface area (Å²) in [5.41, 5.74) is 1.38. The summed E-state index contributed by atoms with van der Waals surface area (Å²) in [6.07, 6.45) is 1.61. The third kappa shape index (κ3) is 2.27. The molecule has 5 heteroatoms. The minimum Gasteiger partial charge on any atom is -0.353 e. The maximum absolute atomic E-state index is 12.2. The van der Waals surface area contributed by atoms with Gasteiger partial charge in [0, 0.05) is 30.5 Å². The van der Waals surface area contributed by atoms with Crippen molar-refractivity contribution in [3.8, 4) is 0 Å². The smallest absolute Gasteiger partial charge is 0.254 e. The van der Waals surface area contributed by atoms with E-state index < -0.39 is 6.04 Å². The molecule has 1 N–H and O–H groups in total. The van der Waals surface area contributed by atoms with Crippen LogP contribution in [0.1, 0.15) is 23.0 Å². The van der Waals surface area contributed by atoms with Crippen LogP contribution in [0.3, 0.4) is 0 Å². The van der Waals surface area contributed by atoms with E-state index in [-0.39, 0.29) is 11.8 Å². The van der Waals surface area contributed by atoms with Gasteiger partial charge in [0.15, 0.2) is 0 Å². The summed E-state index contributed by atoms with van der Waals surface area (Å²) in [5.74, 6) is -0.215. The van der Waals surface area contributed by atoms with Gasteiger partial charge in [0.1, 0.15) is 6.04 Å². The zero-order chi connectivity index (χ0) is 12.4. The minimum absolute atomic E-state index is 0.102. The number of amides is 2. The summed E-state index contributed by atoms with van der Waals surface area (Å²) in [6.45, 7) is 4.63. The number of hydrogen-bond acceptors (Lipinski definition) is 3. The topological polar surface area (TPSA) is 62.3 Å². The third-order valence-corrected chi connectivity index (χ3v) is 2.90. The van der Waals surface area contributed by atoms with Gasteiger partial charge in [-0.2, -0.15) is 0 Å². The van der Waals surface area contributed by atoms with Crippen LogP contribution in [0.25, 0.3) is 0 Å². The molecule has 17 heavy (non-hydrogen) atoms. The quantitative estimate of drug-likeness (QED) is 0.761. The van der Waals surface area contributed by atoms with Gasteiger partial charge in [-0.15, -0.1) is 0 Å². The number of carbonyl (C=O) groups is 2. The summed E-state index contributed by atoms with van der Waals surface area (Å²) < 4.78 is 0. The number of piperazine rings is 1. The van der Waals surface area contributed by atoms with Gasteiger partial charge < -0.3 is 10.2 Å². The number of aromatic nitrogens is 1. The SMILES string of the molecule is Cc1cc(C(=O)N2CCNC(=O)C2C)ccn1. The molecule has 1 aliphatic heterocycles. The maximum Gasteiger partial charge on any atom is 0.254 e. The summed E-state index contributed by atoms with van der Waals surface area (Å²) in [5, 5.41) is 2.73. The Bertz CT molecular complexity index is 459. The van der Waals surface area contributed by atoms with Gasteiger partial charge in [-0.25, -0.2) is 0 Å². The Labute approximate surface area is 99.8 Å². The highest BCUT2D eigenvalue weighted by molar-refractivity contribution is 5.98. The molecule has 2 amide bonds. The lowest BCUT2D eigenvalue weighted by Gasteiger charge is -2.32. The van der Waals surface area contributed by atoms with Gasteiger partial charge in [0.05, 0.1) is 0 Å². The second-order valence-electron chi connectivity index (χ2n) is 4.15. The first kappa shape index (κ1) is 11.6. The molecule has 0 aliphatic carbocycles. The molecule has 1 aliphatic rings. The fourth-order valence-corrected chi connectivity index (χ4v) is 1.90. The van der Waals surface area contributed by atoms with E-state index in [2.05, 4.69) is 10.3 Å². The van der Waals surface area contributed by atoms with Crippen LogP contribution in [0.15, 0.2) is 18.3 Å². The molecule has 1 atom stereocenters. The number of hydrogen-bond donors (Lipinski definition) is 1. The van der Waals surface area contributed by atoms with Crippen molar-refractivity contribution >= 4 is 11.8 Å². The normalized spacial score (nSPS) is 20.0. The van der Waals surface area contributed by atoms with Gasteiger partial charge in [-0.3, -0.25) is 14.6 Å². The van der Waals surface area contributed by atoms with Crippen molar-refractivity contribution in [1.29, 1.82) is 0 Å². The molecular formula is C12H15N3O2. The molecule has 90 valence electrons. The summed E-state index contributed by atoms with van der Waals surface area (Å²) in [7, 11) is 0. The second kappa shape index (κ2) is 4.53. The molecule has 0 saturated carbocycles. The highest BCUT2D eigenvalue weighted by Crippen LogP contribution is 2.11. The third-order valence-electron chi connectivity index (χ3n) is 2.90. The molecule has 0 spiro atoms. The van der Waals surface area contributed by atoms with Crippen molar-refractivity contribution in [2.75, 3.05) is 13.1 Å². The van der Waals surface area contributed by atoms with E-state index >= 15 is 0 Å². The van der Waals surface area contributed by atoms with Crippen molar-refractivity contribution < 1.29 is 9.59 Å². The lowest BCUT2D eigenvalue weighted by molar-refractivity contribution is -0.127. The number of pyridine rings is 1. The van der Waals surface area contributed by atoms with Crippen LogP contribution in [0.4, 0.5) is 0 Å². The van der Waals surface area contributed by atoms with E-state index in [1.165, 1.54) is 0 Å². The number of carbonyl (C=O) groups excluding carboxylic acids is 2. The van der Waals surface area contributed by atoms with Crippen molar-refractivity contribution in [3.05, 3.63) is 29.6 Å². The molecule has 0 bridgehead atoms. The Morgan fingerprint density at radius 3 is 3.06 bits per heavy atom. The number of rotatable bonds is 1. The van der Waals surface area contributed by atoms with Crippen molar-refractivity contribution in [1.82, 2.24) is 15.2 Å². The number of nitrogens with one attached hydrogen (secondary N) is 1. The molecule has 0 aromatic carbocycles. The fraction of sp³-hybridized carbons (Fsp3) is 0.417. The van der Waals surface area contributed by atoms with Gasteiger partial charge in [-0.1, -0.05) is 0 Å². The molecule has 2 heterocycles. The largest absolute Gasteiger partial charge is 0.353 e. The van der Waals surface area contributed by atoms with Gasteiger partial charge >= 0.3 is 0 Å². The predicted octanol–water partition coefficient (Wildman–Crippen LogP) is 0.351. The summed E-state index contributed by atoms with van der Waals surface area (Å²) in [4.78, 5) is 29.4. The molecule has 1 fully saturated rings. The Balaban J connectivity index is 2.22. The van der Waals surface area contributed by atoms with Gasteiger partial charge in [0.25, 0.3) is 5.91 Å². The standard InChI is InChI=1S/C12H15N3O2/c1-8-7-10(3-4-13-8)12(17)15-6-5-14-11(16)9(15)2/h3-4,7,9H,5-6H2,1-2H3,(H,14,16). The van der Waals surface area contributed by atoms with Crippen LogP contribution < -0.4 is 5.32 Å². The average Bonchev–Trinajstić information content (AvgIpc) is 2.32. The summed E-state index contributed by atoms with van der Waals surface area (Å²) >= 11 is 0. The molecule has 2 rings (SSSR count). The first-order valence-corrected chi connectivity index (χ1v) is 5.61. The monoisotopic (exact) mass is 233 g/mol. The van der Waals surface area contributed by atoms with Crippen LogP contribution in [-0.4, -0.2) is 40.8 Å². The minimum atomic E-state index is -0.412. The Kier molecular flexibility index (Phi) is 3.08. The van der Waals surface area contributed by atoms with Crippen LogP contribution >= 0.6 is 0 Å². The predicted molar refractivity (Wildman–Crippen MR) is 62.5 cm³/mol. The molecule has 1 unspecified atom stereocenters. The highest BCUT2D eigenvalue weighted by Gasteiger charge is 2.29. The lowest BCUT2D eigenvalue weighted by Crippen LogP contribution is -2.55. The Morgan fingerprint density at radius 1 is 1.59 bits per heavy atom. The van der Waals surface area contributed by atoms with E-state index in [4.69, 9.17) is 0 Å². The first-order valence-electron chi connectivity index (χ1n) is 5.61. The van der Waals surface area contributed by atoms with Crippen LogP contribution in [0.5, 0.6) is 0 Å². The average molecular weight is 233 g/mol. The zero-order valence-corrected chi connectivity index (χ0v) is 9.93. The Morgan fingerprint density at radius 2 is 2.35 bits per heavy atom. The maximum atomic E-state index is 12.2. The number of nitrogens with zero attached hydrogens (tertiary/aromatic N) is 2. The van der Waals surface area contributed by atoms with Gasteiger partial charge in [-0.05, 0) is 26.0 Å². The van der Waals surface area contributed by atoms with E-state index in [1.807, 2.05) is 6.92 Å². The van der Waals surface area contributed by atoms with Crippen LogP contribution in [-0.2, 0) is 4.79 Å². The van der Waals surface area contributed by atoms with Crippen molar-refractivity contribution in [2.24, 2.45) is 0 Å². The lowest BCUT2D eigenvalue weighted by atomic mass is 10.1.